The molecular weight excluding hydrogens is 245 g/mol. The molecule has 1 unspecified atom stereocenters. The quantitative estimate of drug-likeness (QED) is 0.827. The molecule has 0 aliphatic carbocycles. The first kappa shape index (κ1) is 13.3. The summed E-state index contributed by atoms with van der Waals surface area (Å²) in [5, 5.41) is 0. The van der Waals surface area contributed by atoms with Crippen LogP contribution in [0.4, 0.5) is 13.2 Å². The molecule has 3 nitrogen and oxygen atoms in total. The molecule has 2 rings (SSSR count). The summed E-state index contributed by atoms with van der Waals surface area (Å²) >= 11 is 0. The molecular formula is C12H15F3N2O. The Morgan fingerprint density at radius 3 is 2.94 bits per heavy atom. The van der Waals surface area contributed by atoms with Crippen LogP contribution in [0.1, 0.15) is 12.1 Å². The van der Waals surface area contributed by atoms with E-state index < -0.39 is 17.3 Å². The number of hydrogen-bond acceptors (Lipinski definition) is 3. The highest BCUT2D eigenvalue weighted by Gasteiger charge is 2.38. The van der Waals surface area contributed by atoms with Gasteiger partial charge in [0.15, 0.2) is 0 Å². The highest BCUT2D eigenvalue weighted by Crippen LogP contribution is 2.27. The van der Waals surface area contributed by atoms with Gasteiger partial charge in [0.05, 0.1) is 18.5 Å². The topological polar surface area (TPSA) is 25.4 Å². The molecule has 1 aliphatic rings. The summed E-state index contributed by atoms with van der Waals surface area (Å²) in [6.45, 7) is 0.905. The predicted octanol–water partition coefficient (Wildman–Crippen LogP) is 1.92. The monoisotopic (exact) mass is 260 g/mol. The Labute approximate surface area is 104 Å². The lowest BCUT2D eigenvalue weighted by atomic mass is 10.1. The molecule has 0 radical (unpaired) electrons. The van der Waals surface area contributed by atoms with Gasteiger partial charge in [0.1, 0.15) is 17.3 Å². The van der Waals surface area contributed by atoms with E-state index in [2.05, 4.69) is 4.98 Å². The number of likely N-dealkylation sites (tertiary alicyclic amines) is 1. The number of hydrogen-bond donors (Lipinski definition) is 0. The SMILES string of the molecule is COCC1(F)CCN(Cc2ncc(F)cc2F)C1. The van der Waals surface area contributed by atoms with Crippen molar-refractivity contribution in [3.05, 3.63) is 29.6 Å². The molecule has 1 aliphatic heterocycles. The Bertz CT molecular complexity index is 430. The fraction of sp³-hybridized carbons (Fsp3) is 0.583. The normalized spacial score (nSPS) is 24.7. The summed E-state index contributed by atoms with van der Waals surface area (Å²) in [4.78, 5) is 5.44. The molecule has 1 atom stereocenters. The van der Waals surface area contributed by atoms with E-state index in [1.807, 2.05) is 0 Å². The van der Waals surface area contributed by atoms with Crippen molar-refractivity contribution in [3.8, 4) is 0 Å². The van der Waals surface area contributed by atoms with Crippen molar-refractivity contribution >= 4 is 0 Å². The minimum Gasteiger partial charge on any atom is -0.381 e. The van der Waals surface area contributed by atoms with Crippen LogP contribution in [0.3, 0.4) is 0 Å². The van der Waals surface area contributed by atoms with E-state index in [-0.39, 0.29) is 25.4 Å². The fourth-order valence-electron chi connectivity index (χ4n) is 2.20. The number of methoxy groups -OCH3 is 1. The lowest BCUT2D eigenvalue weighted by molar-refractivity contribution is 0.0466. The van der Waals surface area contributed by atoms with Crippen LogP contribution >= 0.6 is 0 Å². The van der Waals surface area contributed by atoms with Gasteiger partial charge in [-0.3, -0.25) is 9.88 Å². The Morgan fingerprint density at radius 1 is 1.50 bits per heavy atom. The van der Waals surface area contributed by atoms with Crippen LogP contribution in [-0.2, 0) is 11.3 Å². The number of aromatic nitrogens is 1. The Morgan fingerprint density at radius 2 is 2.28 bits per heavy atom. The number of halogens is 3. The van der Waals surface area contributed by atoms with E-state index in [1.54, 1.807) is 4.90 Å². The molecule has 1 aromatic heterocycles. The zero-order chi connectivity index (χ0) is 13.2. The van der Waals surface area contributed by atoms with Crippen molar-refractivity contribution in [1.29, 1.82) is 0 Å². The Hall–Kier alpha value is -1.14. The van der Waals surface area contributed by atoms with Crippen molar-refractivity contribution in [2.75, 3.05) is 26.8 Å². The first-order valence-electron chi connectivity index (χ1n) is 5.72. The molecule has 1 saturated heterocycles. The molecule has 0 N–H and O–H groups in total. The maximum Gasteiger partial charge on any atom is 0.148 e. The third-order valence-corrected chi connectivity index (χ3v) is 3.04. The standard InChI is InChI=1S/C12H15F3N2O/c1-18-8-12(15)2-3-17(7-12)6-11-10(14)4-9(13)5-16-11/h4-5H,2-3,6-8H2,1H3. The van der Waals surface area contributed by atoms with Crippen LogP contribution in [0.15, 0.2) is 12.3 Å². The highest BCUT2D eigenvalue weighted by molar-refractivity contribution is 5.09. The minimum absolute atomic E-state index is 0.0306. The predicted molar refractivity (Wildman–Crippen MR) is 59.8 cm³/mol. The number of alkyl halides is 1. The average Bonchev–Trinajstić information content (AvgIpc) is 2.65. The van der Waals surface area contributed by atoms with E-state index in [4.69, 9.17) is 4.74 Å². The van der Waals surface area contributed by atoms with Crippen molar-refractivity contribution in [3.63, 3.8) is 0 Å². The molecule has 1 aromatic rings. The van der Waals surface area contributed by atoms with E-state index in [1.165, 1.54) is 7.11 Å². The average molecular weight is 260 g/mol. The van der Waals surface area contributed by atoms with Gasteiger partial charge in [0.25, 0.3) is 0 Å². The van der Waals surface area contributed by atoms with Gasteiger partial charge in [-0.2, -0.15) is 0 Å². The summed E-state index contributed by atoms with van der Waals surface area (Å²) in [5.41, 5.74) is -1.25. The van der Waals surface area contributed by atoms with Gasteiger partial charge in [-0.25, -0.2) is 13.2 Å². The Balaban J connectivity index is 1.99. The number of pyridine rings is 1. The lowest BCUT2D eigenvalue weighted by Gasteiger charge is -2.19. The van der Waals surface area contributed by atoms with Crippen LogP contribution in [0, 0.1) is 11.6 Å². The molecule has 0 bridgehead atoms. The van der Waals surface area contributed by atoms with Crippen molar-refractivity contribution < 1.29 is 17.9 Å². The van der Waals surface area contributed by atoms with Crippen molar-refractivity contribution in [2.24, 2.45) is 0 Å². The van der Waals surface area contributed by atoms with Gasteiger partial charge in [0.2, 0.25) is 0 Å². The first-order chi connectivity index (χ1) is 8.52. The smallest absolute Gasteiger partial charge is 0.148 e. The molecule has 0 saturated carbocycles. The summed E-state index contributed by atoms with van der Waals surface area (Å²) in [6.07, 6.45) is 1.32. The molecule has 0 amide bonds. The molecule has 0 spiro atoms. The van der Waals surface area contributed by atoms with Crippen LogP contribution in [0.5, 0.6) is 0 Å². The number of nitrogens with zero attached hydrogens (tertiary/aromatic N) is 2. The van der Waals surface area contributed by atoms with Gasteiger partial charge >= 0.3 is 0 Å². The van der Waals surface area contributed by atoms with Crippen LogP contribution in [-0.4, -0.2) is 42.4 Å². The summed E-state index contributed by atoms with van der Waals surface area (Å²) in [6, 6.07) is 0.788. The summed E-state index contributed by atoms with van der Waals surface area (Å²) < 4.78 is 45.0. The largest absolute Gasteiger partial charge is 0.381 e. The Kier molecular flexibility index (Phi) is 3.87. The van der Waals surface area contributed by atoms with Gasteiger partial charge < -0.3 is 4.74 Å². The molecule has 1 fully saturated rings. The molecule has 6 heteroatoms. The second-order valence-corrected chi connectivity index (χ2v) is 4.63. The second kappa shape index (κ2) is 5.24. The maximum absolute atomic E-state index is 14.1. The minimum atomic E-state index is -1.38. The third kappa shape index (κ3) is 3.00. The van der Waals surface area contributed by atoms with E-state index in [9.17, 15) is 13.2 Å². The van der Waals surface area contributed by atoms with Gasteiger partial charge in [-0.05, 0) is 6.42 Å². The van der Waals surface area contributed by atoms with Crippen molar-refractivity contribution in [2.45, 2.75) is 18.6 Å². The van der Waals surface area contributed by atoms with Crippen LogP contribution in [0.25, 0.3) is 0 Å². The fourth-order valence-corrected chi connectivity index (χ4v) is 2.20. The summed E-state index contributed by atoms with van der Waals surface area (Å²) in [7, 11) is 1.45. The van der Waals surface area contributed by atoms with E-state index in [0.717, 1.165) is 12.3 Å². The molecule has 0 aromatic carbocycles. The van der Waals surface area contributed by atoms with Crippen LogP contribution < -0.4 is 0 Å². The number of rotatable bonds is 4. The molecule has 18 heavy (non-hydrogen) atoms. The van der Waals surface area contributed by atoms with Gasteiger partial charge in [-0.1, -0.05) is 0 Å². The van der Waals surface area contributed by atoms with Gasteiger partial charge in [0, 0.05) is 32.8 Å². The van der Waals surface area contributed by atoms with Gasteiger partial charge in [-0.15, -0.1) is 0 Å². The zero-order valence-electron chi connectivity index (χ0n) is 10.1. The zero-order valence-corrected chi connectivity index (χ0v) is 10.1. The molecule has 2 heterocycles. The van der Waals surface area contributed by atoms with E-state index >= 15 is 0 Å². The highest BCUT2D eigenvalue weighted by atomic mass is 19.1. The summed E-state index contributed by atoms with van der Waals surface area (Å²) in [5.74, 6) is -1.41. The molecule has 100 valence electrons. The lowest BCUT2D eigenvalue weighted by Crippen LogP contribution is -2.33. The second-order valence-electron chi connectivity index (χ2n) is 4.63. The van der Waals surface area contributed by atoms with Crippen LogP contribution in [0.2, 0.25) is 0 Å². The third-order valence-electron chi connectivity index (χ3n) is 3.04. The maximum atomic E-state index is 14.1. The number of ether oxygens (including phenoxy) is 1. The van der Waals surface area contributed by atoms with Crippen molar-refractivity contribution in [1.82, 2.24) is 9.88 Å². The van der Waals surface area contributed by atoms with E-state index in [0.29, 0.717) is 13.0 Å². The first-order valence-corrected chi connectivity index (χ1v) is 5.72.